The van der Waals surface area contributed by atoms with Crippen molar-refractivity contribution in [2.75, 3.05) is 24.6 Å². The number of nitrogens with zero attached hydrogens (tertiary/aromatic N) is 2. The first-order chi connectivity index (χ1) is 10.3. The van der Waals surface area contributed by atoms with E-state index in [2.05, 4.69) is 30.0 Å². The van der Waals surface area contributed by atoms with E-state index in [1.807, 2.05) is 12.1 Å². The van der Waals surface area contributed by atoms with Crippen LogP contribution < -0.4 is 10.6 Å². The van der Waals surface area contributed by atoms with Gasteiger partial charge in [-0.05, 0) is 31.9 Å². The summed E-state index contributed by atoms with van der Waals surface area (Å²) in [7, 11) is 0. The molecular weight excluding hydrogens is 262 g/mol. The first-order valence-electron chi connectivity index (χ1n) is 7.77. The van der Waals surface area contributed by atoms with E-state index >= 15 is 0 Å². The molecule has 0 amide bonds. The Kier molecular flexibility index (Phi) is 4.36. The molecule has 1 aromatic carbocycles. The number of rotatable bonds is 4. The molecule has 0 spiro atoms. The van der Waals surface area contributed by atoms with Gasteiger partial charge in [-0.2, -0.15) is 0 Å². The average Bonchev–Trinajstić information content (AvgIpc) is 2.54. The van der Waals surface area contributed by atoms with Crippen LogP contribution in [0.4, 0.5) is 5.82 Å². The summed E-state index contributed by atoms with van der Waals surface area (Å²) in [6.45, 7) is 5.28. The van der Waals surface area contributed by atoms with E-state index in [1.54, 1.807) is 0 Å². The van der Waals surface area contributed by atoms with Crippen molar-refractivity contribution in [3.05, 3.63) is 35.9 Å². The molecule has 2 N–H and O–H groups in total. The van der Waals surface area contributed by atoms with Crippen LogP contribution in [0.2, 0.25) is 0 Å². The molecule has 0 radical (unpaired) electrons. The SMILES string of the molecule is CCOC1CCCN(c2nc3ccccc3cc2CN)C1. The van der Waals surface area contributed by atoms with Gasteiger partial charge in [0, 0.05) is 37.2 Å². The van der Waals surface area contributed by atoms with Crippen molar-refractivity contribution >= 4 is 16.7 Å². The van der Waals surface area contributed by atoms with Gasteiger partial charge < -0.3 is 15.4 Å². The van der Waals surface area contributed by atoms with E-state index < -0.39 is 0 Å². The molecule has 3 rings (SSSR count). The standard InChI is InChI=1S/C17H23N3O/c1-2-21-15-7-5-9-20(12-15)17-14(11-18)10-13-6-3-4-8-16(13)19-17/h3-4,6,8,10,15H,2,5,7,9,11-12,18H2,1H3. The van der Waals surface area contributed by atoms with Crippen LogP contribution in [0.5, 0.6) is 0 Å². The lowest BCUT2D eigenvalue weighted by atomic mass is 10.1. The van der Waals surface area contributed by atoms with E-state index in [0.717, 1.165) is 54.8 Å². The van der Waals surface area contributed by atoms with Crippen molar-refractivity contribution in [1.29, 1.82) is 0 Å². The number of piperidine rings is 1. The highest BCUT2D eigenvalue weighted by Gasteiger charge is 2.23. The van der Waals surface area contributed by atoms with Crippen molar-refractivity contribution in [3.8, 4) is 0 Å². The van der Waals surface area contributed by atoms with Crippen LogP contribution in [0, 0.1) is 0 Å². The van der Waals surface area contributed by atoms with Gasteiger partial charge in [0.25, 0.3) is 0 Å². The van der Waals surface area contributed by atoms with Gasteiger partial charge in [-0.25, -0.2) is 4.98 Å². The molecule has 0 bridgehead atoms. The van der Waals surface area contributed by atoms with Gasteiger partial charge in [-0.15, -0.1) is 0 Å². The minimum absolute atomic E-state index is 0.308. The maximum Gasteiger partial charge on any atom is 0.133 e. The van der Waals surface area contributed by atoms with Crippen LogP contribution in [-0.4, -0.2) is 30.8 Å². The van der Waals surface area contributed by atoms with Gasteiger partial charge in [-0.1, -0.05) is 18.2 Å². The molecule has 0 aliphatic carbocycles. The lowest BCUT2D eigenvalue weighted by Crippen LogP contribution is -2.40. The molecule has 4 heteroatoms. The first-order valence-corrected chi connectivity index (χ1v) is 7.77. The fourth-order valence-corrected chi connectivity index (χ4v) is 3.08. The molecule has 112 valence electrons. The summed E-state index contributed by atoms with van der Waals surface area (Å²) in [6, 6.07) is 10.4. The monoisotopic (exact) mass is 285 g/mol. The number of anilines is 1. The van der Waals surface area contributed by atoms with Gasteiger partial charge in [-0.3, -0.25) is 0 Å². The number of hydrogen-bond donors (Lipinski definition) is 1. The highest BCUT2D eigenvalue weighted by atomic mass is 16.5. The van der Waals surface area contributed by atoms with E-state index in [-0.39, 0.29) is 0 Å². The quantitative estimate of drug-likeness (QED) is 0.938. The maximum absolute atomic E-state index is 5.94. The minimum Gasteiger partial charge on any atom is -0.377 e. The van der Waals surface area contributed by atoms with Crippen LogP contribution in [-0.2, 0) is 11.3 Å². The molecule has 1 aromatic heterocycles. The van der Waals surface area contributed by atoms with Crippen LogP contribution in [0.25, 0.3) is 10.9 Å². The third-order valence-electron chi connectivity index (χ3n) is 4.08. The predicted octanol–water partition coefficient (Wildman–Crippen LogP) is 2.70. The number of para-hydroxylation sites is 1. The second-order valence-electron chi connectivity index (χ2n) is 5.53. The normalized spacial score (nSPS) is 19.1. The molecule has 21 heavy (non-hydrogen) atoms. The fraction of sp³-hybridized carbons (Fsp3) is 0.471. The Morgan fingerprint density at radius 1 is 1.38 bits per heavy atom. The van der Waals surface area contributed by atoms with Crippen LogP contribution in [0.1, 0.15) is 25.3 Å². The Hall–Kier alpha value is -1.65. The fourth-order valence-electron chi connectivity index (χ4n) is 3.08. The second kappa shape index (κ2) is 6.41. The van der Waals surface area contributed by atoms with Crippen molar-refractivity contribution in [2.45, 2.75) is 32.4 Å². The summed E-state index contributed by atoms with van der Waals surface area (Å²) in [5, 5.41) is 1.15. The molecule has 1 saturated heterocycles. The van der Waals surface area contributed by atoms with E-state index in [1.165, 1.54) is 0 Å². The van der Waals surface area contributed by atoms with Gasteiger partial charge in [0.05, 0.1) is 11.6 Å². The molecule has 2 heterocycles. The second-order valence-corrected chi connectivity index (χ2v) is 5.53. The Balaban J connectivity index is 1.94. The first kappa shape index (κ1) is 14.3. The number of nitrogens with two attached hydrogens (primary N) is 1. The molecule has 1 aliphatic heterocycles. The molecular formula is C17H23N3O. The van der Waals surface area contributed by atoms with E-state index in [0.29, 0.717) is 12.6 Å². The molecule has 2 aromatic rings. The van der Waals surface area contributed by atoms with Crippen LogP contribution in [0.3, 0.4) is 0 Å². The van der Waals surface area contributed by atoms with Gasteiger partial charge in [0.15, 0.2) is 0 Å². The van der Waals surface area contributed by atoms with Crippen molar-refractivity contribution in [2.24, 2.45) is 5.73 Å². The smallest absolute Gasteiger partial charge is 0.133 e. The minimum atomic E-state index is 0.308. The summed E-state index contributed by atoms with van der Waals surface area (Å²) in [5.74, 6) is 1.03. The van der Waals surface area contributed by atoms with Crippen molar-refractivity contribution in [1.82, 2.24) is 4.98 Å². The Bertz CT molecular complexity index is 612. The van der Waals surface area contributed by atoms with Gasteiger partial charge in [0.2, 0.25) is 0 Å². The lowest BCUT2D eigenvalue weighted by molar-refractivity contribution is 0.0525. The maximum atomic E-state index is 5.94. The van der Waals surface area contributed by atoms with Gasteiger partial charge >= 0.3 is 0 Å². The Morgan fingerprint density at radius 2 is 2.24 bits per heavy atom. The third-order valence-corrected chi connectivity index (χ3v) is 4.08. The highest BCUT2D eigenvalue weighted by molar-refractivity contribution is 5.81. The predicted molar refractivity (Wildman–Crippen MR) is 86.5 cm³/mol. The Labute approximate surface area is 125 Å². The van der Waals surface area contributed by atoms with Crippen molar-refractivity contribution in [3.63, 3.8) is 0 Å². The van der Waals surface area contributed by atoms with E-state index in [4.69, 9.17) is 15.5 Å². The molecule has 1 fully saturated rings. The average molecular weight is 285 g/mol. The Morgan fingerprint density at radius 3 is 3.05 bits per heavy atom. The number of fused-ring (bicyclic) bond motifs is 1. The number of benzene rings is 1. The molecule has 0 saturated carbocycles. The van der Waals surface area contributed by atoms with Gasteiger partial charge in [0.1, 0.15) is 5.82 Å². The molecule has 1 unspecified atom stereocenters. The number of hydrogen-bond acceptors (Lipinski definition) is 4. The number of pyridine rings is 1. The molecule has 1 aliphatic rings. The third kappa shape index (κ3) is 3.01. The van der Waals surface area contributed by atoms with Crippen LogP contribution in [0.15, 0.2) is 30.3 Å². The number of ether oxygens (including phenoxy) is 1. The topological polar surface area (TPSA) is 51.4 Å². The zero-order chi connectivity index (χ0) is 14.7. The zero-order valence-electron chi connectivity index (χ0n) is 12.6. The largest absolute Gasteiger partial charge is 0.377 e. The summed E-state index contributed by atoms with van der Waals surface area (Å²) < 4.78 is 5.79. The van der Waals surface area contributed by atoms with Crippen molar-refractivity contribution < 1.29 is 4.74 Å². The zero-order valence-corrected chi connectivity index (χ0v) is 12.6. The molecule has 4 nitrogen and oxygen atoms in total. The highest BCUT2D eigenvalue weighted by Crippen LogP contribution is 2.26. The summed E-state index contributed by atoms with van der Waals surface area (Å²) in [4.78, 5) is 7.19. The lowest BCUT2D eigenvalue weighted by Gasteiger charge is -2.34. The summed E-state index contributed by atoms with van der Waals surface area (Å²) in [6.07, 6.45) is 2.58. The summed E-state index contributed by atoms with van der Waals surface area (Å²) >= 11 is 0. The number of aromatic nitrogens is 1. The van der Waals surface area contributed by atoms with Crippen LogP contribution >= 0.6 is 0 Å². The molecule has 1 atom stereocenters. The summed E-state index contributed by atoms with van der Waals surface area (Å²) in [5.41, 5.74) is 8.09. The van der Waals surface area contributed by atoms with E-state index in [9.17, 15) is 0 Å².